The molecule has 0 amide bonds. The summed E-state index contributed by atoms with van der Waals surface area (Å²) in [7, 11) is 0. The van der Waals surface area contributed by atoms with Crippen LogP contribution < -0.4 is 5.73 Å². The van der Waals surface area contributed by atoms with Crippen molar-refractivity contribution in [1.29, 1.82) is 0 Å². The van der Waals surface area contributed by atoms with E-state index in [1.165, 1.54) is 25.3 Å². The second-order valence-electron chi connectivity index (χ2n) is 8.35. The standard InChI is InChI=1S/C20H24ClNO3/c1-11(25-19(24)15-2-3-16(21)17(22)7-15)18(23)20-8-12-4-13(9-20)6-14(5-12)10-20/h2-3,7,11-14H,4-6,8-10,22H2,1H3. The van der Waals surface area contributed by atoms with Crippen molar-refractivity contribution in [1.82, 2.24) is 0 Å². The fourth-order valence-corrected chi connectivity index (χ4v) is 5.91. The Hall–Kier alpha value is -1.55. The van der Waals surface area contributed by atoms with Gasteiger partial charge in [-0.15, -0.1) is 0 Å². The number of ketones is 1. The summed E-state index contributed by atoms with van der Waals surface area (Å²) in [5, 5.41) is 0.397. The normalized spacial score (nSPS) is 33.9. The Bertz CT molecular complexity index is 694. The molecule has 5 heteroatoms. The number of carbonyl (C=O) groups excluding carboxylic acids is 2. The Morgan fingerprint density at radius 3 is 2.24 bits per heavy atom. The zero-order valence-corrected chi connectivity index (χ0v) is 15.2. The molecule has 1 aromatic rings. The molecule has 1 aromatic carbocycles. The van der Waals surface area contributed by atoms with Crippen LogP contribution in [0.15, 0.2) is 18.2 Å². The van der Waals surface area contributed by atoms with Crippen molar-refractivity contribution in [2.75, 3.05) is 5.73 Å². The third kappa shape index (κ3) is 2.95. The van der Waals surface area contributed by atoms with E-state index in [4.69, 9.17) is 22.1 Å². The van der Waals surface area contributed by atoms with E-state index >= 15 is 0 Å². The number of rotatable bonds is 4. The monoisotopic (exact) mass is 361 g/mol. The topological polar surface area (TPSA) is 69.4 Å². The van der Waals surface area contributed by atoms with Crippen molar-refractivity contribution < 1.29 is 14.3 Å². The van der Waals surface area contributed by atoms with Gasteiger partial charge in [0, 0.05) is 5.41 Å². The molecule has 0 saturated heterocycles. The van der Waals surface area contributed by atoms with Gasteiger partial charge in [-0.25, -0.2) is 4.79 Å². The van der Waals surface area contributed by atoms with Crippen LogP contribution in [0.3, 0.4) is 0 Å². The predicted octanol–water partition coefficient (Wildman–Crippen LogP) is 4.25. The van der Waals surface area contributed by atoms with Crippen molar-refractivity contribution in [3.8, 4) is 0 Å². The van der Waals surface area contributed by atoms with Crippen LogP contribution in [-0.2, 0) is 9.53 Å². The Balaban J connectivity index is 1.47. The van der Waals surface area contributed by atoms with Gasteiger partial charge >= 0.3 is 5.97 Å². The first-order chi connectivity index (χ1) is 11.9. The molecule has 4 aliphatic rings. The summed E-state index contributed by atoms with van der Waals surface area (Å²) in [6, 6.07) is 4.63. The van der Waals surface area contributed by atoms with Gasteiger partial charge in [-0.1, -0.05) is 11.6 Å². The molecule has 4 fully saturated rings. The van der Waals surface area contributed by atoms with Gasteiger partial charge in [-0.3, -0.25) is 4.79 Å². The summed E-state index contributed by atoms with van der Waals surface area (Å²) in [6.45, 7) is 1.71. The molecular formula is C20H24ClNO3. The van der Waals surface area contributed by atoms with E-state index in [1.54, 1.807) is 19.1 Å². The molecule has 25 heavy (non-hydrogen) atoms. The van der Waals surface area contributed by atoms with Gasteiger partial charge in [0.25, 0.3) is 0 Å². The Morgan fingerprint density at radius 1 is 1.16 bits per heavy atom. The highest BCUT2D eigenvalue weighted by Crippen LogP contribution is 2.60. The maximum absolute atomic E-state index is 13.2. The molecule has 4 aliphatic carbocycles. The minimum Gasteiger partial charge on any atom is -0.451 e. The third-order valence-electron chi connectivity index (χ3n) is 6.45. The molecule has 0 heterocycles. The van der Waals surface area contributed by atoms with Crippen molar-refractivity contribution in [3.63, 3.8) is 0 Å². The lowest BCUT2D eigenvalue weighted by Crippen LogP contribution is -2.52. The van der Waals surface area contributed by atoms with Crippen LogP contribution in [0.5, 0.6) is 0 Å². The number of esters is 1. The highest BCUT2D eigenvalue weighted by atomic mass is 35.5. The molecule has 4 bridgehead atoms. The molecule has 1 unspecified atom stereocenters. The molecule has 0 spiro atoms. The van der Waals surface area contributed by atoms with Crippen molar-refractivity contribution in [3.05, 3.63) is 28.8 Å². The summed E-state index contributed by atoms with van der Waals surface area (Å²) < 4.78 is 5.50. The molecule has 134 valence electrons. The highest BCUT2D eigenvalue weighted by molar-refractivity contribution is 6.33. The fourth-order valence-electron chi connectivity index (χ4n) is 5.80. The van der Waals surface area contributed by atoms with Crippen LogP contribution in [0, 0.1) is 23.2 Å². The zero-order chi connectivity index (χ0) is 17.8. The number of halogens is 1. The highest BCUT2D eigenvalue weighted by Gasteiger charge is 2.55. The van der Waals surface area contributed by atoms with Crippen LogP contribution in [0.4, 0.5) is 5.69 Å². The van der Waals surface area contributed by atoms with E-state index in [2.05, 4.69) is 0 Å². The lowest BCUT2D eigenvalue weighted by Gasteiger charge is -2.56. The molecule has 0 radical (unpaired) electrons. The lowest BCUT2D eigenvalue weighted by atomic mass is 9.48. The van der Waals surface area contributed by atoms with E-state index in [-0.39, 0.29) is 11.2 Å². The first-order valence-corrected chi connectivity index (χ1v) is 9.54. The first kappa shape index (κ1) is 16.9. The van der Waals surface area contributed by atoms with E-state index in [1.807, 2.05) is 0 Å². The smallest absolute Gasteiger partial charge is 0.338 e. The van der Waals surface area contributed by atoms with Crippen molar-refractivity contribution in [2.45, 2.75) is 51.6 Å². The van der Waals surface area contributed by atoms with Gasteiger partial charge < -0.3 is 10.5 Å². The first-order valence-electron chi connectivity index (χ1n) is 9.16. The van der Waals surface area contributed by atoms with Gasteiger partial charge in [0.05, 0.1) is 16.3 Å². The molecule has 4 saturated carbocycles. The summed E-state index contributed by atoms with van der Waals surface area (Å²) in [6.07, 6.45) is 6.07. The molecule has 5 rings (SSSR count). The van der Waals surface area contributed by atoms with Crippen LogP contribution in [0.2, 0.25) is 5.02 Å². The number of nitrogens with two attached hydrogens (primary N) is 1. The van der Waals surface area contributed by atoms with E-state index in [9.17, 15) is 9.59 Å². The van der Waals surface area contributed by atoms with Crippen molar-refractivity contribution in [2.24, 2.45) is 23.2 Å². The summed E-state index contributed by atoms with van der Waals surface area (Å²) in [5.41, 5.74) is 6.14. The molecule has 1 atom stereocenters. The summed E-state index contributed by atoms with van der Waals surface area (Å²) in [5.74, 6) is 1.66. The van der Waals surface area contributed by atoms with Gasteiger partial charge in [0.15, 0.2) is 11.9 Å². The number of ether oxygens (including phenoxy) is 1. The second kappa shape index (κ2) is 6.01. The van der Waals surface area contributed by atoms with E-state index in [0.717, 1.165) is 19.3 Å². The van der Waals surface area contributed by atoms with Crippen molar-refractivity contribution >= 4 is 29.0 Å². The number of Topliss-reactive ketones (excluding diaryl/α,β-unsaturated/α-hetero) is 1. The number of nitrogen functional groups attached to an aromatic ring is 1. The minimum atomic E-state index is -0.722. The van der Waals surface area contributed by atoms with Crippen LogP contribution >= 0.6 is 11.6 Å². The van der Waals surface area contributed by atoms with Crippen LogP contribution in [0.25, 0.3) is 0 Å². The average Bonchev–Trinajstić information content (AvgIpc) is 2.55. The Morgan fingerprint density at radius 2 is 1.72 bits per heavy atom. The largest absolute Gasteiger partial charge is 0.451 e. The number of anilines is 1. The van der Waals surface area contributed by atoms with Gasteiger partial charge in [0.1, 0.15) is 0 Å². The zero-order valence-electron chi connectivity index (χ0n) is 14.5. The van der Waals surface area contributed by atoms with Gasteiger partial charge in [-0.2, -0.15) is 0 Å². The van der Waals surface area contributed by atoms with E-state index < -0.39 is 12.1 Å². The van der Waals surface area contributed by atoms with Crippen LogP contribution in [0.1, 0.15) is 55.8 Å². The number of carbonyl (C=O) groups is 2. The second-order valence-corrected chi connectivity index (χ2v) is 8.75. The molecule has 4 nitrogen and oxygen atoms in total. The summed E-state index contributed by atoms with van der Waals surface area (Å²) >= 11 is 5.89. The molecule has 0 aliphatic heterocycles. The molecule has 2 N–H and O–H groups in total. The lowest BCUT2D eigenvalue weighted by molar-refractivity contribution is -0.152. The quantitative estimate of drug-likeness (QED) is 0.642. The average molecular weight is 362 g/mol. The van der Waals surface area contributed by atoms with E-state index in [0.29, 0.717) is 34.0 Å². The number of hydrogen-bond donors (Lipinski definition) is 1. The number of hydrogen-bond acceptors (Lipinski definition) is 4. The minimum absolute atomic E-state index is 0.113. The number of benzene rings is 1. The van der Waals surface area contributed by atoms with Crippen LogP contribution in [-0.4, -0.2) is 17.9 Å². The maximum atomic E-state index is 13.2. The predicted molar refractivity (Wildman–Crippen MR) is 96.4 cm³/mol. The fraction of sp³-hybridized carbons (Fsp3) is 0.600. The molecule has 0 aromatic heterocycles. The third-order valence-corrected chi connectivity index (χ3v) is 6.79. The SMILES string of the molecule is CC(OC(=O)c1ccc(Cl)c(N)c1)C(=O)C12CC3CC(CC(C3)C1)C2. The Kier molecular flexibility index (Phi) is 4.06. The Labute approximate surface area is 153 Å². The maximum Gasteiger partial charge on any atom is 0.338 e. The van der Waals surface area contributed by atoms with Gasteiger partial charge in [0.2, 0.25) is 0 Å². The molecular weight excluding hydrogens is 338 g/mol. The summed E-state index contributed by atoms with van der Waals surface area (Å²) in [4.78, 5) is 25.5. The van der Waals surface area contributed by atoms with Gasteiger partial charge in [-0.05, 0) is 81.4 Å².